The zero-order chi connectivity index (χ0) is 14.6. The maximum absolute atomic E-state index is 6.10. The number of hydrogen-bond donors (Lipinski definition) is 1. The molecule has 1 aliphatic rings. The molecule has 1 atom stereocenters. The highest BCUT2D eigenvalue weighted by atomic mass is 16.5. The number of hydrogen-bond acceptors (Lipinski definition) is 4. The first kappa shape index (κ1) is 15.4. The molecule has 1 heterocycles. The van der Waals surface area contributed by atoms with Gasteiger partial charge < -0.3 is 10.1 Å². The number of nitrogens with one attached hydrogen (secondary N) is 1. The van der Waals surface area contributed by atoms with E-state index < -0.39 is 0 Å². The number of aryl methyl sites for hydroxylation is 1. The van der Waals surface area contributed by atoms with Crippen molar-refractivity contribution >= 4 is 0 Å². The van der Waals surface area contributed by atoms with Gasteiger partial charge in [-0.15, -0.1) is 0 Å². The van der Waals surface area contributed by atoms with Crippen LogP contribution < -0.4 is 5.32 Å². The molecule has 0 spiro atoms. The van der Waals surface area contributed by atoms with Gasteiger partial charge in [0, 0.05) is 30.1 Å². The number of rotatable bonds is 5. The van der Waals surface area contributed by atoms with E-state index in [1.54, 1.807) is 0 Å². The average Bonchev–Trinajstić information content (AvgIpc) is 2.47. The summed E-state index contributed by atoms with van der Waals surface area (Å²) in [5, 5.41) is 3.24. The van der Waals surface area contributed by atoms with E-state index in [2.05, 4.69) is 31.1 Å². The summed E-state index contributed by atoms with van der Waals surface area (Å²) in [5.41, 5.74) is 1.97. The smallest absolute Gasteiger partial charge is 0.160 e. The molecule has 0 bridgehead atoms. The number of aromatic nitrogens is 2. The predicted molar refractivity (Wildman–Crippen MR) is 80.6 cm³/mol. The van der Waals surface area contributed by atoms with Gasteiger partial charge >= 0.3 is 0 Å². The van der Waals surface area contributed by atoms with Gasteiger partial charge in [0.15, 0.2) is 5.82 Å². The summed E-state index contributed by atoms with van der Waals surface area (Å²) < 4.78 is 6.10. The van der Waals surface area contributed by atoms with E-state index in [4.69, 9.17) is 9.72 Å². The Bertz CT molecular complexity index is 436. The molecule has 0 aromatic carbocycles. The van der Waals surface area contributed by atoms with E-state index in [0.717, 1.165) is 31.0 Å². The molecule has 1 N–H and O–H groups in total. The molecule has 0 saturated heterocycles. The molecule has 4 nitrogen and oxygen atoms in total. The molecule has 1 aromatic rings. The van der Waals surface area contributed by atoms with Gasteiger partial charge in [0.2, 0.25) is 0 Å². The van der Waals surface area contributed by atoms with E-state index in [1.807, 2.05) is 13.2 Å². The van der Waals surface area contributed by atoms with Gasteiger partial charge in [-0.25, -0.2) is 9.97 Å². The van der Waals surface area contributed by atoms with Gasteiger partial charge in [-0.2, -0.15) is 0 Å². The van der Waals surface area contributed by atoms with Crippen molar-refractivity contribution in [2.24, 2.45) is 0 Å². The molecule has 1 aliphatic carbocycles. The summed E-state index contributed by atoms with van der Waals surface area (Å²) in [5.74, 6) is 0.878. The first-order valence-corrected chi connectivity index (χ1v) is 7.78. The minimum Gasteiger partial charge on any atom is -0.367 e. The van der Waals surface area contributed by atoms with Crippen molar-refractivity contribution in [3.63, 3.8) is 0 Å². The second kappa shape index (κ2) is 6.64. The van der Waals surface area contributed by atoms with Gasteiger partial charge in [0.05, 0.1) is 0 Å². The zero-order valence-electron chi connectivity index (χ0n) is 13.2. The SMILES string of the molecule is CCOC1(c2ncc(C(C)NC)c(C)n2)CCCCC1. The molecule has 112 valence electrons. The van der Waals surface area contributed by atoms with Crippen LogP contribution in [-0.2, 0) is 10.3 Å². The number of ether oxygens (including phenoxy) is 1. The summed E-state index contributed by atoms with van der Waals surface area (Å²) in [6.07, 6.45) is 7.76. The Kier molecular flexibility index (Phi) is 5.11. The second-order valence-electron chi connectivity index (χ2n) is 5.73. The van der Waals surface area contributed by atoms with Crippen LogP contribution in [0.3, 0.4) is 0 Å². The standard InChI is InChI=1S/C16H27N3O/c1-5-20-16(9-7-6-8-10-16)15-18-11-14(12(2)17-4)13(3)19-15/h11-12,17H,5-10H2,1-4H3. The molecule has 4 heteroatoms. The molecule has 1 unspecified atom stereocenters. The normalized spacial score (nSPS) is 19.8. The second-order valence-corrected chi connectivity index (χ2v) is 5.73. The Morgan fingerprint density at radius 2 is 2.05 bits per heavy atom. The van der Waals surface area contributed by atoms with Crippen LogP contribution in [0.4, 0.5) is 0 Å². The summed E-state index contributed by atoms with van der Waals surface area (Å²) >= 11 is 0. The summed E-state index contributed by atoms with van der Waals surface area (Å²) in [4.78, 5) is 9.43. The van der Waals surface area contributed by atoms with Crippen LogP contribution in [-0.4, -0.2) is 23.6 Å². The maximum Gasteiger partial charge on any atom is 0.160 e. The van der Waals surface area contributed by atoms with Crippen molar-refractivity contribution in [2.45, 2.75) is 64.5 Å². The molecule has 0 aliphatic heterocycles. The summed E-state index contributed by atoms with van der Waals surface area (Å²) in [6, 6.07) is 0.276. The van der Waals surface area contributed by atoms with Crippen molar-refractivity contribution in [3.8, 4) is 0 Å². The van der Waals surface area contributed by atoms with E-state index in [0.29, 0.717) is 0 Å². The zero-order valence-corrected chi connectivity index (χ0v) is 13.2. The highest BCUT2D eigenvalue weighted by Gasteiger charge is 2.37. The van der Waals surface area contributed by atoms with Gasteiger partial charge in [-0.05, 0) is 40.7 Å². The average molecular weight is 277 g/mol. The lowest BCUT2D eigenvalue weighted by Gasteiger charge is -2.35. The molecular formula is C16H27N3O. The minimum absolute atomic E-state index is 0.251. The Morgan fingerprint density at radius 1 is 1.35 bits per heavy atom. The summed E-state index contributed by atoms with van der Waals surface area (Å²) in [7, 11) is 1.96. The van der Waals surface area contributed by atoms with E-state index >= 15 is 0 Å². The fraction of sp³-hybridized carbons (Fsp3) is 0.750. The third-order valence-corrected chi connectivity index (χ3v) is 4.41. The van der Waals surface area contributed by atoms with Crippen molar-refractivity contribution in [1.29, 1.82) is 0 Å². The number of nitrogens with zero attached hydrogens (tertiary/aromatic N) is 2. The molecule has 1 aromatic heterocycles. The van der Waals surface area contributed by atoms with Crippen molar-refractivity contribution in [1.82, 2.24) is 15.3 Å². The molecule has 0 radical (unpaired) electrons. The third-order valence-electron chi connectivity index (χ3n) is 4.41. The van der Waals surface area contributed by atoms with Gasteiger partial charge in [-0.1, -0.05) is 19.3 Å². The first-order valence-electron chi connectivity index (χ1n) is 7.78. The van der Waals surface area contributed by atoms with Crippen molar-refractivity contribution in [3.05, 3.63) is 23.3 Å². The van der Waals surface area contributed by atoms with E-state index in [9.17, 15) is 0 Å². The van der Waals surface area contributed by atoms with Crippen LogP contribution in [0.2, 0.25) is 0 Å². The van der Waals surface area contributed by atoms with Crippen LogP contribution >= 0.6 is 0 Å². The molecule has 1 saturated carbocycles. The van der Waals surface area contributed by atoms with Crippen LogP contribution in [0.1, 0.15) is 69.1 Å². The topological polar surface area (TPSA) is 47.0 Å². The van der Waals surface area contributed by atoms with Gasteiger partial charge in [0.25, 0.3) is 0 Å². The predicted octanol–water partition coefficient (Wildman–Crippen LogP) is 3.26. The lowest BCUT2D eigenvalue weighted by molar-refractivity contribution is -0.0768. The van der Waals surface area contributed by atoms with Crippen molar-refractivity contribution in [2.75, 3.05) is 13.7 Å². The van der Waals surface area contributed by atoms with Crippen LogP contribution in [0.15, 0.2) is 6.20 Å². The first-order chi connectivity index (χ1) is 9.63. The lowest BCUT2D eigenvalue weighted by Crippen LogP contribution is -2.35. The van der Waals surface area contributed by atoms with Gasteiger partial charge in [0.1, 0.15) is 5.60 Å². The minimum atomic E-state index is -0.251. The molecule has 0 amide bonds. The highest BCUT2D eigenvalue weighted by molar-refractivity contribution is 5.21. The lowest BCUT2D eigenvalue weighted by atomic mass is 9.83. The molecule has 20 heavy (non-hydrogen) atoms. The quantitative estimate of drug-likeness (QED) is 0.897. The van der Waals surface area contributed by atoms with Crippen LogP contribution in [0.5, 0.6) is 0 Å². The molecule has 1 fully saturated rings. The largest absolute Gasteiger partial charge is 0.367 e. The molecule has 2 rings (SSSR count). The van der Waals surface area contributed by atoms with Gasteiger partial charge in [-0.3, -0.25) is 0 Å². The monoisotopic (exact) mass is 277 g/mol. The third kappa shape index (κ3) is 3.01. The fourth-order valence-electron chi connectivity index (χ4n) is 3.11. The Hall–Kier alpha value is -1.00. The summed E-state index contributed by atoms with van der Waals surface area (Å²) in [6.45, 7) is 6.97. The van der Waals surface area contributed by atoms with Crippen LogP contribution in [0.25, 0.3) is 0 Å². The Balaban J connectivity index is 2.32. The maximum atomic E-state index is 6.10. The van der Waals surface area contributed by atoms with Crippen molar-refractivity contribution < 1.29 is 4.74 Å². The van der Waals surface area contributed by atoms with E-state index in [-0.39, 0.29) is 11.6 Å². The van der Waals surface area contributed by atoms with E-state index in [1.165, 1.54) is 24.8 Å². The fourth-order valence-corrected chi connectivity index (χ4v) is 3.11. The Labute approximate surface area is 122 Å². The van der Waals surface area contributed by atoms with Crippen LogP contribution in [0, 0.1) is 6.92 Å². The highest BCUT2D eigenvalue weighted by Crippen LogP contribution is 2.39. The Morgan fingerprint density at radius 3 is 2.60 bits per heavy atom. The molecular weight excluding hydrogens is 250 g/mol.